The van der Waals surface area contributed by atoms with Crippen LogP contribution in [-0.2, 0) is 9.59 Å². The normalized spacial score (nSPS) is 38.4. The van der Waals surface area contributed by atoms with E-state index in [0.29, 0.717) is 6.04 Å². The first kappa shape index (κ1) is 11.0. The number of rotatable bonds is 1. The van der Waals surface area contributed by atoms with Crippen molar-refractivity contribution in [2.24, 2.45) is 0 Å². The van der Waals surface area contributed by atoms with Gasteiger partial charge in [-0.2, -0.15) is 0 Å². The summed E-state index contributed by atoms with van der Waals surface area (Å²) < 4.78 is 0. The molecule has 1 N–H and O–H groups in total. The van der Waals surface area contributed by atoms with Crippen LogP contribution in [0.25, 0.3) is 0 Å². The predicted molar refractivity (Wildman–Crippen MR) is 62.3 cm³/mol. The molecule has 3 aliphatic rings. The molecule has 3 heterocycles. The topological polar surface area (TPSA) is 52.7 Å². The maximum absolute atomic E-state index is 12.1. The fourth-order valence-electron chi connectivity index (χ4n) is 3.53. The number of nitrogens with zero attached hydrogens (tertiary/aromatic N) is 2. The Morgan fingerprint density at radius 2 is 2.00 bits per heavy atom. The summed E-state index contributed by atoms with van der Waals surface area (Å²) in [5.74, 6) is 0.0666. The van der Waals surface area contributed by atoms with Crippen LogP contribution in [0.5, 0.6) is 0 Å². The largest absolute Gasteiger partial charge is 0.343 e. The van der Waals surface area contributed by atoms with E-state index in [-0.39, 0.29) is 30.4 Å². The minimum atomic E-state index is -0.355. The zero-order valence-corrected chi connectivity index (χ0v) is 10.2. The first-order valence-electron chi connectivity index (χ1n) is 6.51. The fourth-order valence-corrected chi connectivity index (χ4v) is 3.53. The van der Waals surface area contributed by atoms with Gasteiger partial charge >= 0.3 is 0 Å². The van der Waals surface area contributed by atoms with Gasteiger partial charge in [0.2, 0.25) is 11.8 Å². The molecule has 0 spiro atoms. The van der Waals surface area contributed by atoms with Crippen LogP contribution in [0.4, 0.5) is 0 Å². The number of carbonyl (C=O) groups excluding carboxylic acids is 2. The lowest BCUT2D eigenvalue weighted by Crippen LogP contribution is -2.61. The standard InChI is InChI=1S/C12H19N3O2/c1-8-12(17)15(7-11(16)13-8)10-4-6-14-5-2-3-9(10)14/h8-10H,2-7H2,1H3,(H,13,16). The van der Waals surface area contributed by atoms with Gasteiger partial charge < -0.3 is 10.2 Å². The molecular formula is C12H19N3O2. The molecule has 0 aromatic heterocycles. The maximum atomic E-state index is 12.1. The van der Waals surface area contributed by atoms with Gasteiger partial charge in [0.1, 0.15) is 6.04 Å². The minimum absolute atomic E-state index is 0.0199. The van der Waals surface area contributed by atoms with Crippen LogP contribution in [-0.4, -0.2) is 59.4 Å². The summed E-state index contributed by atoms with van der Waals surface area (Å²) >= 11 is 0. The van der Waals surface area contributed by atoms with E-state index < -0.39 is 0 Å². The molecule has 0 aliphatic carbocycles. The minimum Gasteiger partial charge on any atom is -0.343 e. The first-order valence-corrected chi connectivity index (χ1v) is 6.51. The third kappa shape index (κ3) is 1.73. The molecule has 3 atom stereocenters. The van der Waals surface area contributed by atoms with E-state index in [4.69, 9.17) is 0 Å². The molecule has 17 heavy (non-hydrogen) atoms. The van der Waals surface area contributed by atoms with Crippen molar-refractivity contribution in [2.75, 3.05) is 19.6 Å². The van der Waals surface area contributed by atoms with Gasteiger partial charge in [-0.15, -0.1) is 0 Å². The molecule has 3 saturated heterocycles. The van der Waals surface area contributed by atoms with Gasteiger partial charge in [0.15, 0.2) is 0 Å². The Bertz CT molecular complexity index is 358. The zero-order valence-electron chi connectivity index (χ0n) is 10.2. The molecule has 0 saturated carbocycles. The molecule has 5 nitrogen and oxygen atoms in total. The van der Waals surface area contributed by atoms with Crippen molar-refractivity contribution < 1.29 is 9.59 Å². The third-order valence-corrected chi connectivity index (χ3v) is 4.32. The Hall–Kier alpha value is -1.10. The van der Waals surface area contributed by atoms with Crippen molar-refractivity contribution in [1.29, 1.82) is 0 Å². The van der Waals surface area contributed by atoms with E-state index in [1.165, 1.54) is 12.8 Å². The number of carbonyl (C=O) groups is 2. The van der Waals surface area contributed by atoms with Crippen LogP contribution in [0, 0.1) is 0 Å². The second-order valence-electron chi connectivity index (χ2n) is 5.36. The summed E-state index contributed by atoms with van der Waals surface area (Å²) in [4.78, 5) is 28.0. The molecule has 94 valence electrons. The quantitative estimate of drug-likeness (QED) is 0.673. The monoisotopic (exact) mass is 237 g/mol. The smallest absolute Gasteiger partial charge is 0.245 e. The van der Waals surface area contributed by atoms with Crippen LogP contribution in [0.1, 0.15) is 26.2 Å². The van der Waals surface area contributed by atoms with E-state index in [1.54, 1.807) is 6.92 Å². The van der Waals surface area contributed by atoms with E-state index in [1.807, 2.05) is 4.90 Å². The van der Waals surface area contributed by atoms with Gasteiger partial charge in [0.25, 0.3) is 0 Å². The maximum Gasteiger partial charge on any atom is 0.245 e. The van der Waals surface area contributed by atoms with E-state index >= 15 is 0 Å². The molecule has 0 aromatic carbocycles. The summed E-state index contributed by atoms with van der Waals surface area (Å²) in [6, 6.07) is 0.405. The molecule has 0 bridgehead atoms. The molecule has 3 fully saturated rings. The number of hydrogen-bond donors (Lipinski definition) is 1. The van der Waals surface area contributed by atoms with Gasteiger partial charge in [0.05, 0.1) is 6.54 Å². The third-order valence-electron chi connectivity index (χ3n) is 4.32. The van der Waals surface area contributed by atoms with Crippen molar-refractivity contribution in [2.45, 2.75) is 44.3 Å². The summed E-state index contributed by atoms with van der Waals surface area (Å²) in [6.07, 6.45) is 3.42. The summed E-state index contributed by atoms with van der Waals surface area (Å²) in [5.41, 5.74) is 0. The summed E-state index contributed by atoms with van der Waals surface area (Å²) in [6.45, 7) is 4.26. The Morgan fingerprint density at radius 3 is 2.82 bits per heavy atom. The highest BCUT2D eigenvalue weighted by atomic mass is 16.2. The van der Waals surface area contributed by atoms with Crippen LogP contribution in [0.15, 0.2) is 0 Å². The van der Waals surface area contributed by atoms with Gasteiger partial charge in [-0.25, -0.2) is 0 Å². The number of fused-ring (bicyclic) bond motifs is 1. The molecule has 3 aliphatic heterocycles. The fraction of sp³-hybridized carbons (Fsp3) is 0.833. The Labute approximate surface area is 101 Å². The molecular weight excluding hydrogens is 218 g/mol. The second kappa shape index (κ2) is 3.98. The molecule has 0 radical (unpaired) electrons. The first-order chi connectivity index (χ1) is 8.16. The Balaban J connectivity index is 1.78. The number of hydrogen-bond acceptors (Lipinski definition) is 3. The van der Waals surface area contributed by atoms with Crippen molar-refractivity contribution in [3.05, 3.63) is 0 Å². The number of nitrogens with one attached hydrogen (secondary N) is 1. The van der Waals surface area contributed by atoms with Crippen LogP contribution in [0.2, 0.25) is 0 Å². The highest BCUT2D eigenvalue weighted by Gasteiger charge is 2.44. The zero-order chi connectivity index (χ0) is 12.0. The van der Waals surface area contributed by atoms with E-state index in [0.717, 1.165) is 19.5 Å². The Kier molecular flexibility index (Phi) is 2.58. The van der Waals surface area contributed by atoms with Crippen molar-refractivity contribution >= 4 is 11.8 Å². The van der Waals surface area contributed by atoms with E-state index in [9.17, 15) is 9.59 Å². The van der Waals surface area contributed by atoms with Crippen LogP contribution < -0.4 is 5.32 Å². The highest BCUT2D eigenvalue weighted by Crippen LogP contribution is 2.31. The average molecular weight is 237 g/mol. The second-order valence-corrected chi connectivity index (χ2v) is 5.36. The molecule has 5 heteroatoms. The summed E-state index contributed by atoms with van der Waals surface area (Å²) in [7, 11) is 0. The Morgan fingerprint density at radius 1 is 1.18 bits per heavy atom. The lowest BCUT2D eigenvalue weighted by molar-refractivity contribution is -0.146. The van der Waals surface area contributed by atoms with Crippen LogP contribution in [0.3, 0.4) is 0 Å². The predicted octanol–water partition coefficient (Wildman–Crippen LogP) is -0.430. The van der Waals surface area contributed by atoms with Crippen LogP contribution >= 0.6 is 0 Å². The molecule has 2 amide bonds. The van der Waals surface area contributed by atoms with Gasteiger partial charge in [-0.1, -0.05) is 0 Å². The molecule has 3 unspecified atom stereocenters. The number of amides is 2. The van der Waals surface area contributed by atoms with Crippen molar-refractivity contribution in [3.63, 3.8) is 0 Å². The van der Waals surface area contributed by atoms with Gasteiger partial charge in [-0.3, -0.25) is 14.5 Å². The lowest BCUT2D eigenvalue weighted by Gasteiger charge is -2.37. The van der Waals surface area contributed by atoms with Gasteiger partial charge in [-0.05, 0) is 32.7 Å². The number of piperazine rings is 1. The van der Waals surface area contributed by atoms with E-state index in [2.05, 4.69) is 10.2 Å². The molecule has 3 rings (SSSR count). The van der Waals surface area contributed by atoms with Crippen molar-refractivity contribution in [3.8, 4) is 0 Å². The summed E-state index contributed by atoms with van der Waals surface area (Å²) in [5, 5.41) is 2.70. The highest BCUT2D eigenvalue weighted by molar-refractivity contribution is 5.94. The molecule has 0 aromatic rings. The lowest BCUT2D eigenvalue weighted by atomic mass is 10.0. The van der Waals surface area contributed by atoms with Crippen molar-refractivity contribution in [1.82, 2.24) is 15.1 Å². The average Bonchev–Trinajstić information content (AvgIpc) is 2.85. The van der Waals surface area contributed by atoms with Gasteiger partial charge in [0, 0.05) is 18.6 Å². The SMILES string of the molecule is CC1NC(=O)CN(C2CCN3CCCC23)C1=O.